The van der Waals surface area contributed by atoms with E-state index in [-0.39, 0.29) is 23.7 Å². The summed E-state index contributed by atoms with van der Waals surface area (Å²) in [5, 5.41) is 8.79. The van der Waals surface area contributed by atoms with Gasteiger partial charge in [-0.25, -0.2) is 4.79 Å². The zero-order valence-electron chi connectivity index (χ0n) is 14.8. The van der Waals surface area contributed by atoms with Crippen LogP contribution in [0, 0.1) is 6.92 Å². The SMILES string of the molecule is Cc1nnc(SCC2=C(C(=O)OC(C)(C)C)N3C(=O)C(N)[C@@H]3SC2)s1.Cl. The third-order valence-electron chi connectivity index (χ3n) is 3.56. The van der Waals surface area contributed by atoms with Crippen molar-refractivity contribution in [2.45, 2.75) is 49.1 Å². The van der Waals surface area contributed by atoms with Crippen molar-refractivity contribution in [3.8, 4) is 0 Å². The van der Waals surface area contributed by atoms with Crippen LogP contribution in [0.15, 0.2) is 15.6 Å². The van der Waals surface area contributed by atoms with Crippen LogP contribution in [0.5, 0.6) is 0 Å². The van der Waals surface area contributed by atoms with Gasteiger partial charge in [0.1, 0.15) is 27.7 Å². The van der Waals surface area contributed by atoms with Gasteiger partial charge in [0.25, 0.3) is 0 Å². The summed E-state index contributed by atoms with van der Waals surface area (Å²) in [5.41, 5.74) is 6.46. The van der Waals surface area contributed by atoms with Crippen LogP contribution in [0.4, 0.5) is 0 Å². The van der Waals surface area contributed by atoms with Crippen molar-refractivity contribution in [1.29, 1.82) is 0 Å². The molecule has 2 N–H and O–H groups in total. The molecule has 1 unspecified atom stereocenters. The van der Waals surface area contributed by atoms with E-state index in [4.69, 9.17) is 10.5 Å². The van der Waals surface area contributed by atoms with Crippen LogP contribution in [-0.2, 0) is 14.3 Å². The first-order valence-electron chi connectivity index (χ1n) is 7.76. The molecule has 11 heteroatoms. The summed E-state index contributed by atoms with van der Waals surface area (Å²) in [6.07, 6.45) is 0. The second-order valence-electron chi connectivity index (χ2n) is 6.77. The molecule has 1 aromatic heterocycles. The van der Waals surface area contributed by atoms with E-state index in [2.05, 4.69) is 10.2 Å². The van der Waals surface area contributed by atoms with Crippen molar-refractivity contribution < 1.29 is 14.3 Å². The number of carbonyl (C=O) groups excluding carboxylic acids is 2. The number of fused-ring (bicyclic) bond motifs is 1. The largest absolute Gasteiger partial charge is 0.455 e. The molecule has 1 fully saturated rings. The molecule has 1 aromatic rings. The molecule has 3 rings (SSSR count). The topological polar surface area (TPSA) is 98.4 Å². The van der Waals surface area contributed by atoms with Crippen molar-refractivity contribution in [2.75, 3.05) is 11.5 Å². The Hall–Kier alpha value is -0.810. The summed E-state index contributed by atoms with van der Waals surface area (Å²) in [7, 11) is 0. The van der Waals surface area contributed by atoms with Crippen molar-refractivity contribution in [3.63, 3.8) is 0 Å². The molecule has 0 aromatic carbocycles. The molecular formula is C15H21ClN4O3S3. The Kier molecular flexibility index (Phi) is 6.66. The van der Waals surface area contributed by atoms with Gasteiger partial charge < -0.3 is 10.5 Å². The van der Waals surface area contributed by atoms with Gasteiger partial charge in [0.05, 0.1) is 0 Å². The highest BCUT2D eigenvalue weighted by atomic mass is 35.5. The number of amides is 1. The van der Waals surface area contributed by atoms with Gasteiger partial charge in [-0.2, -0.15) is 0 Å². The average molecular weight is 437 g/mol. The highest BCUT2D eigenvalue weighted by Gasteiger charge is 2.52. The minimum absolute atomic E-state index is 0. The number of ether oxygens (including phenoxy) is 1. The van der Waals surface area contributed by atoms with Crippen LogP contribution >= 0.6 is 47.3 Å². The monoisotopic (exact) mass is 436 g/mol. The van der Waals surface area contributed by atoms with E-state index in [1.54, 1.807) is 11.8 Å². The Bertz CT molecular complexity index is 747. The van der Waals surface area contributed by atoms with E-state index in [1.165, 1.54) is 28.0 Å². The molecule has 0 bridgehead atoms. The van der Waals surface area contributed by atoms with Gasteiger partial charge in [-0.15, -0.1) is 34.4 Å². The summed E-state index contributed by atoms with van der Waals surface area (Å²) < 4.78 is 6.36. The number of aryl methyl sites for hydroxylation is 1. The number of β-lactam (4-membered cyclic amide) rings is 1. The van der Waals surface area contributed by atoms with Gasteiger partial charge in [0.2, 0.25) is 5.91 Å². The molecule has 0 aliphatic carbocycles. The standard InChI is InChI=1S/C15H20N4O3S3.ClH/c1-7-17-18-14(25-7)24-6-8-5-23-12-9(16)11(20)19(12)10(8)13(21)22-15(2,3)4;/h9,12H,5-6,16H2,1-4H3;1H/t9?,12-;/m0./s1. The van der Waals surface area contributed by atoms with Crippen LogP contribution in [0.1, 0.15) is 25.8 Å². The summed E-state index contributed by atoms with van der Waals surface area (Å²) in [6.45, 7) is 7.32. The van der Waals surface area contributed by atoms with Crippen molar-refractivity contribution in [2.24, 2.45) is 5.73 Å². The summed E-state index contributed by atoms with van der Waals surface area (Å²) in [5.74, 6) is 0.498. The molecule has 3 heterocycles. The summed E-state index contributed by atoms with van der Waals surface area (Å²) in [6, 6.07) is -0.553. The van der Waals surface area contributed by atoms with E-state index in [1.807, 2.05) is 27.7 Å². The zero-order valence-corrected chi connectivity index (χ0v) is 18.1. The van der Waals surface area contributed by atoms with E-state index >= 15 is 0 Å². The molecule has 0 spiro atoms. The highest BCUT2D eigenvalue weighted by Crippen LogP contribution is 2.41. The predicted molar refractivity (Wildman–Crippen MR) is 107 cm³/mol. The number of nitrogens with two attached hydrogens (primary N) is 1. The lowest BCUT2D eigenvalue weighted by Gasteiger charge is -2.48. The Labute approximate surface area is 170 Å². The minimum Gasteiger partial charge on any atom is -0.455 e. The van der Waals surface area contributed by atoms with E-state index in [0.717, 1.165) is 14.9 Å². The number of carbonyl (C=O) groups is 2. The molecule has 2 aliphatic rings. The lowest BCUT2D eigenvalue weighted by atomic mass is 10.0. The van der Waals surface area contributed by atoms with Crippen LogP contribution in [0.3, 0.4) is 0 Å². The van der Waals surface area contributed by atoms with Gasteiger partial charge in [-0.3, -0.25) is 9.69 Å². The molecule has 0 saturated carbocycles. The molecule has 0 radical (unpaired) electrons. The highest BCUT2D eigenvalue weighted by molar-refractivity contribution is 8.01. The first-order valence-corrected chi connectivity index (χ1v) is 10.6. The fourth-order valence-electron chi connectivity index (χ4n) is 2.49. The molecule has 1 saturated heterocycles. The summed E-state index contributed by atoms with van der Waals surface area (Å²) in [4.78, 5) is 26.4. The Morgan fingerprint density at radius 2 is 2.12 bits per heavy atom. The van der Waals surface area contributed by atoms with Crippen molar-refractivity contribution in [3.05, 3.63) is 16.3 Å². The second-order valence-corrected chi connectivity index (χ2v) is 10.3. The summed E-state index contributed by atoms with van der Waals surface area (Å²) >= 11 is 4.60. The molecule has 2 aliphatic heterocycles. The van der Waals surface area contributed by atoms with Crippen LogP contribution in [0.2, 0.25) is 0 Å². The van der Waals surface area contributed by atoms with Crippen LogP contribution in [0.25, 0.3) is 0 Å². The quantitative estimate of drug-likeness (QED) is 0.435. The average Bonchev–Trinajstić information content (AvgIpc) is 2.95. The second kappa shape index (κ2) is 8.05. The predicted octanol–water partition coefficient (Wildman–Crippen LogP) is 2.20. The number of hydrogen-bond acceptors (Lipinski definition) is 9. The molecule has 26 heavy (non-hydrogen) atoms. The van der Waals surface area contributed by atoms with Crippen LogP contribution < -0.4 is 5.73 Å². The fraction of sp³-hybridized carbons (Fsp3) is 0.600. The number of thioether (sulfide) groups is 2. The Balaban J connectivity index is 0.00000243. The van der Waals surface area contributed by atoms with Gasteiger partial charge >= 0.3 is 5.97 Å². The maximum atomic E-state index is 12.7. The molecule has 144 valence electrons. The lowest BCUT2D eigenvalue weighted by Crippen LogP contribution is -2.68. The Morgan fingerprint density at radius 1 is 1.42 bits per heavy atom. The number of hydrogen-bond donors (Lipinski definition) is 1. The van der Waals surface area contributed by atoms with Crippen LogP contribution in [-0.4, -0.2) is 55.5 Å². The third kappa shape index (κ3) is 4.36. The van der Waals surface area contributed by atoms with Crippen molar-refractivity contribution >= 4 is 59.1 Å². The van der Waals surface area contributed by atoms with Crippen molar-refractivity contribution in [1.82, 2.24) is 15.1 Å². The number of nitrogens with zero attached hydrogens (tertiary/aromatic N) is 3. The first-order chi connectivity index (χ1) is 11.7. The van der Waals surface area contributed by atoms with E-state index in [0.29, 0.717) is 17.2 Å². The van der Waals surface area contributed by atoms with E-state index < -0.39 is 17.6 Å². The van der Waals surface area contributed by atoms with Gasteiger partial charge in [0.15, 0.2) is 4.34 Å². The fourth-order valence-corrected chi connectivity index (χ4v) is 5.74. The minimum atomic E-state index is -0.630. The smallest absolute Gasteiger partial charge is 0.355 e. The number of aromatic nitrogens is 2. The first kappa shape index (κ1) is 21.5. The lowest BCUT2D eigenvalue weighted by molar-refractivity contribution is -0.157. The van der Waals surface area contributed by atoms with Gasteiger partial charge in [-0.05, 0) is 33.3 Å². The number of esters is 1. The maximum Gasteiger partial charge on any atom is 0.355 e. The van der Waals surface area contributed by atoms with Gasteiger partial charge in [0, 0.05) is 11.5 Å². The van der Waals surface area contributed by atoms with E-state index in [9.17, 15) is 9.59 Å². The maximum absolute atomic E-state index is 12.7. The normalized spacial score (nSPS) is 22.5. The van der Waals surface area contributed by atoms with Gasteiger partial charge in [-0.1, -0.05) is 23.1 Å². The zero-order chi connectivity index (χ0) is 18.4. The molecule has 2 atom stereocenters. The molecule has 7 nitrogen and oxygen atoms in total. The third-order valence-corrected chi connectivity index (χ3v) is 6.98. The molecule has 1 amide bonds. The Morgan fingerprint density at radius 3 is 2.69 bits per heavy atom. The number of rotatable bonds is 4. The number of halogens is 1. The molecular weight excluding hydrogens is 416 g/mol.